The lowest BCUT2D eigenvalue weighted by Gasteiger charge is -2.17. The molecule has 1 amide bonds. The van der Waals surface area contributed by atoms with Crippen molar-refractivity contribution in [3.63, 3.8) is 0 Å². The van der Waals surface area contributed by atoms with E-state index >= 15 is 0 Å². The predicted molar refractivity (Wildman–Crippen MR) is 96.9 cm³/mol. The monoisotopic (exact) mass is 441 g/mol. The number of benzene rings is 2. The molecule has 2 aromatic rings. The van der Waals surface area contributed by atoms with Crippen LogP contribution < -0.4 is 5.32 Å². The van der Waals surface area contributed by atoms with Crippen molar-refractivity contribution in [2.45, 2.75) is 18.9 Å². The third-order valence-electron chi connectivity index (χ3n) is 3.40. The zero-order valence-electron chi connectivity index (χ0n) is 13.1. The molecular weight excluding hydrogens is 424 g/mol. The van der Waals surface area contributed by atoms with Gasteiger partial charge in [-0.15, -0.1) is 0 Å². The van der Waals surface area contributed by atoms with Crippen molar-refractivity contribution >= 4 is 34.5 Å². The van der Waals surface area contributed by atoms with Crippen molar-refractivity contribution in [3.05, 3.63) is 69.0 Å². The van der Waals surface area contributed by atoms with Crippen LogP contribution >= 0.6 is 22.6 Å². The molecule has 24 heavy (non-hydrogen) atoms. The Bertz CT molecular complexity index is 736. The first kappa shape index (κ1) is 18.4. The van der Waals surface area contributed by atoms with Gasteiger partial charge in [0.2, 0.25) is 5.91 Å². The first-order valence-electron chi connectivity index (χ1n) is 7.34. The molecule has 1 N–H and O–H groups in total. The van der Waals surface area contributed by atoms with Crippen LogP contribution in [-0.4, -0.2) is 25.0 Å². The van der Waals surface area contributed by atoms with Crippen molar-refractivity contribution in [1.29, 1.82) is 0 Å². The molecular formula is C18H17FINO3. The lowest BCUT2D eigenvalue weighted by atomic mass is 10.1. The highest BCUT2D eigenvalue weighted by Crippen LogP contribution is 2.11. The molecule has 126 valence electrons. The Morgan fingerprint density at radius 3 is 2.54 bits per heavy atom. The molecule has 0 saturated heterocycles. The minimum absolute atomic E-state index is 0.00240. The molecule has 1 atom stereocenters. The van der Waals surface area contributed by atoms with E-state index in [0.29, 0.717) is 12.0 Å². The number of methoxy groups -OCH3 is 1. The number of amides is 1. The highest BCUT2D eigenvalue weighted by Gasteiger charge is 2.22. The molecule has 0 aliphatic carbocycles. The quantitative estimate of drug-likeness (QED) is 0.554. The SMILES string of the molecule is COC(=O)[C@H](Cc1cccc(I)c1)NC(=O)Cc1cccc(F)c1. The summed E-state index contributed by atoms with van der Waals surface area (Å²) < 4.78 is 19.0. The molecule has 4 nitrogen and oxygen atoms in total. The van der Waals surface area contributed by atoms with E-state index in [9.17, 15) is 14.0 Å². The minimum atomic E-state index is -0.783. The van der Waals surface area contributed by atoms with Crippen molar-refractivity contribution in [3.8, 4) is 0 Å². The van der Waals surface area contributed by atoms with Crippen LogP contribution in [0, 0.1) is 9.39 Å². The van der Waals surface area contributed by atoms with Gasteiger partial charge in [-0.3, -0.25) is 4.79 Å². The van der Waals surface area contributed by atoms with Crippen LogP contribution in [0.4, 0.5) is 4.39 Å². The number of carbonyl (C=O) groups is 2. The van der Waals surface area contributed by atoms with Crippen LogP contribution in [0.15, 0.2) is 48.5 Å². The third-order valence-corrected chi connectivity index (χ3v) is 4.07. The van der Waals surface area contributed by atoms with Gasteiger partial charge in [-0.2, -0.15) is 0 Å². The first-order valence-corrected chi connectivity index (χ1v) is 8.42. The highest BCUT2D eigenvalue weighted by molar-refractivity contribution is 14.1. The molecule has 0 bridgehead atoms. The first-order chi connectivity index (χ1) is 11.5. The average Bonchev–Trinajstić information content (AvgIpc) is 2.53. The summed E-state index contributed by atoms with van der Waals surface area (Å²) in [6.45, 7) is 0. The summed E-state index contributed by atoms with van der Waals surface area (Å²) in [6.07, 6.45) is 0.329. The van der Waals surface area contributed by atoms with Gasteiger partial charge in [-0.05, 0) is 58.0 Å². The molecule has 0 radical (unpaired) electrons. The molecule has 6 heteroatoms. The second-order valence-electron chi connectivity index (χ2n) is 5.28. The van der Waals surface area contributed by atoms with Gasteiger partial charge in [0.1, 0.15) is 11.9 Å². The zero-order valence-corrected chi connectivity index (χ0v) is 15.2. The van der Waals surface area contributed by atoms with Crippen molar-refractivity contribution in [1.82, 2.24) is 5.32 Å². The number of ether oxygens (including phenoxy) is 1. The van der Waals surface area contributed by atoms with Crippen LogP contribution in [0.5, 0.6) is 0 Å². The van der Waals surface area contributed by atoms with Gasteiger partial charge < -0.3 is 10.1 Å². The number of hydrogen-bond donors (Lipinski definition) is 1. The molecule has 0 aromatic heterocycles. The maximum atomic E-state index is 13.2. The van der Waals surface area contributed by atoms with E-state index in [-0.39, 0.29) is 12.3 Å². The topological polar surface area (TPSA) is 55.4 Å². The Labute approximate surface area is 153 Å². The molecule has 0 heterocycles. The Hall–Kier alpha value is -1.96. The summed E-state index contributed by atoms with van der Waals surface area (Å²) in [5.74, 6) is -1.27. The van der Waals surface area contributed by atoms with Gasteiger partial charge in [0.05, 0.1) is 13.5 Å². The minimum Gasteiger partial charge on any atom is -0.467 e. The van der Waals surface area contributed by atoms with E-state index < -0.39 is 17.8 Å². The number of carbonyl (C=O) groups excluding carboxylic acids is 2. The van der Waals surface area contributed by atoms with Gasteiger partial charge in [0, 0.05) is 9.99 Å². The lowest BCUT2D eigenvalue weighted by molar-refractivity contribution is -0.145. The van der Waals surface area contributed by atoms with Gasteiger partial charge in [0.15, 0.2) is 0 Å². The summed E-state index contributed by atoms with van der Waals surface area (Å²) in [4.78, 5) is 24.1. The highest BCUT2D eigenvalue weighted by atomic mass is 127. The summed E-state index contributed by atoms with van der Waals surface area (Å²) in [5, 5.41) is 2.67. The van der Waals surface area contributed by atoms with Gasteiger partial charge in [0.25, 0.3) is 0 Å². The Morgan fingerprint density at radius 2 is 1.88 bits per heavy atom. The Morgan fingerprint density at radius 1 is 1.17 bits per heavy atom. The van der Waals surface area contributed by atoms with Crippen LogP contribution in [-0.2, 0) is 27.2 Å². The summed E-state index contributed by atoms with van der Waals surface area (Å²) in [6, 6.07) is 12.7. The fourth-order valence-electron chi connectivity index (χ4n) is 2.31. The number of halogens is 2. The van der Waals surface area contributed by atoms with E-state index in [1.165, 1.54) is 19.2 Å². The standard InChI is InChI=1S/C18H17FINO3/c1-24-18(23)16(10-13-5-3-7-15(20)9-13)21-17(22)11-12-4-2-6-14(19)8-12/h2-9,16H,10-11H2,1H3,(H,21,22)/t16-/m0/s1. The molecule has 0 fully saturated rings. The molecule has 0 aliphatic heterocycles. The molecule has 2 aromatic carbocycles. The van der Waals surface area contributed by atoms with Crippen LogP contribution in [0.1, 0.15) is 11.1 Å². The van der Waals surface area contributed by atoms with E-state index in [0.717, 1.165) is 9.13 Å². The largest absolute Gasteiger partial charge is 0.467 e. The van der Waals surface area contributed by atoms with Crippen LogP contribution in [0.2, 0.25) is 0 Å². The van der Waals surface area contributed by atoms with Crippen LogP contribution in [0.25, 0.3) is 0 Å². The van der Waals surface area contributed by atoms with E-state index in [4.69, 9.17) is 4.74 Å². The molecule has 0 spiro atoms. The Balaban J connectivity index is 2.05. The van der Waals surface area contributed by atoms with Crippen molar-refractivity contribution in [2.24, 2.45) is 0 Å². The summed E-state index contributed by atoms with van der Waals surface area (Å²) in [5.41, 5.74) is 1.47. The predicted octanol–water partition coefficient (Wildman–Crippen LogP) is 2.87. The smallest absolute Gasteiger partial charge is 0.328 e. The van der Waals surface area contributed by atoms with Gasteiger partial charge in [-0.1, -0.05) is 24.3 Å². The van der Waals surface area contributed by atoms with Crippen molar-refractivity contribution in [2.75, 3.05) is 7.11 Å². The van der Waals surface area contributed by atoms with Gasteiger partial charge >= 0.3 is 5.97 Å². The summed E-state index contributed by atoms with van der Waals surface area (Å²) >= 11 is 2.18. The van der Waals surface area contributed by atoms with E-state index in [1.54, 1.807) is 12.1 Å². The van der Waals surface area contributed by atoms with Crippen molar-refractivity contribution < 1.29 is 18.7 Å². The number of rotatable bonds is 6. The Kier molecular flexibility index (Phi) is 6.72. The summed E-state index contributed by atoms with van der Waals surface area (Å²) in [7, 11) is 1.28. The maximum absolute atomic E-state index is 13.2. The molecule has 0 saturated carbocycles. The second kappa shape index (κ2) is 8.77. The number of esters is 1. The van der Waals surface area contributed by atoms with E-state index in [2.05, 4.69) is 27.9 Å². The molecule has 0 aliphatic rings. The van der Waals surface area contributed by atoms with Crippen LogP contribution in [0.3, 0.4) is 0 Å². The molecule has 0 unspecified atom stereocenters. The molecule has 2 rings (SSSR count). The average molecular weight is 441 g/mol. The maximum Gasteiger partial charge on any atom is 0.328 e. The van der Waals surface area contributed by atoms with Gasteiger partial charge in [-0.25, -0.2) is 9.18 Å². The second-order valence-corrected chi connectivity index (χ2v) is 6.53. The normalized spacial score (nSPS) is 11.6. The zero-order chi connectivity index (χ0) is 17.5. The fourth-order valence-corrected chi connectivity index (χ4v) is 2.92. The fraction of sp³-hybridized carbons (Fsp3) is 0.222. The number of hydrogen-bond acceptors (Lipinski definition) is 3. The third kappa shape index (κ3) is 5.59. The van der Waals surface area contributed by atoms with E-state index in [1.807, 2.05) is 24.3 Å². The number of nitrogens with one attached hydrogen (secondary N) is 1. The lowest BCUT2D eigenvalue weighted by Crippen LogP contribution is -2.43.